The van der Waals surface area contributed by atoms with Crippen LogP contribution in [0.15, 0.2) is 60.8 Å². The number of nitrogens with zero attached hydrogens (tertiary/aromatic N) is 5. The van der Waals surface area contributed by atoms with Crippen LogP contribution in [0.5, 0.6) is 0 Å². The van der Waals surface area contributed by atoms with Gasteiger partial charge < -0.3 is 4.90 Å². The number of hydrogen-bond acceptors (Lipinski definition) is 4. The van der Waals surface area contributed by atoms with Gasteiger partial charge in [-0.1, -0.05) is 61.8 Å². The molecule has 0 spiro atoms. The van der Waals surface area contributed by atoms with Crippen molar-refractivity contribution in [2.24, 2.45) is 0 Å². The van der Waals surface area contributed by atoms with Gasteiger partial charge in [0.05, 0.1) is 11.9 Å². The Morgan fingerprint density at radius 3 is 2.37 bits per heavy atom. The first-order chi connectivity index (χ1) is 18.1. The molecular formula is C28H27ClF3N5O. The quantitative estimate of drug-likeness (QED) is 0.304. The van der Waals surface area contributed by atoms with Gasteiger partial charge in [-0.2, -0.15) is 18.3 Å². The van der Waals surface area contributed by atoms with Gasteiger partial charge in [0.15, 0.2) is 11.3 Å². The van der Waals surface area contributed by atoms with Crippen LogP contribution in [0, 0.1) is 0 Å². The van der Waals surface area contributed by atoms with E-state index in [1.54, 1.807) is 17.0 Å². The SMILES string of the molecule is CC(C)c1ccc(-c2cc(C(F)(F)F)n3ncc(C(=O)N4CCN(Cc5cccc(Cl)c5)CC4)c3n2)cc1. The van der Waals surface area contributed by atoms with Gasteiger partial charge in [0, 0.05) is 43.3 Å². The number of halogens is 4. The Labute approximate surface area is 223 Å². The van der Waals surface area contributed by atoms with Gasteiger partial charge in [-0.3, -0.25) is 9.69 Å². The second-order valence-corrected chi connectivity index (χ2v) is 10.2. The Hall–Kier alpha value is -3.43. The average Bonchev–Trinajstić information content (AvgIpc) is 3.31. The van der Waals surface area contributed by atoms with E-state index in [9.17, 15) is 18.0 Å². The maximum atomic E-state index is 14.0. The van der Waals surface area contributed by atoms with Crippen molar-refractivity contribution in [1.29, 1.82) is 0 Å². The van der Waals surface area contributed by atoms with Crippen molar-refractivity contribution in [3.63, 3.8) is 0 Å². The molecule has 1 fully saturated rings. The molecule has 1 amide bonds. The fourth-order valence-corrected chi connectivity index (χ4v) is 4.89. The van der Waals surface area contributed by atoms with Crippen LogP contribution in [-0.2, 0) is 12.7 Å². The summed E-state index contributed by atoms with van der Waals surface area (Å²) in [6, 6.07) is 15.9. The molecule has 0 bridgehead atoms. The first-order valence-electron chi connectivity index (χ1n) is 12.4. The first-order valence-corrected chi connectivity index (χ1v) is 12.8. The van der Waals surface area contributed by atoms with Gasteiger partial charge in [0.25, 0.3) is 5.91 Å². The first kappa shape index (κ1) is 26.2. The lowest BCUT2D eigenvalue weighted by Crippen LogP contribution is -2.48. The number of rotatable bonds is 5. The van der Waals surface area contributed by atoms with Crippen LogP contribution >= 0.6 is 11.6 Å². The number of hydrogen-bond donors (Lipinski definition) is 0. The summed E-state index contributed by atoms with van der Waals surface area (Å²) in [6.07, 6.45) is -3.49. The van der Waals surface area contributed by atoms with E-state index in [0.29, 0.717) is 47.8 Å². The highest BCUT2D eigenvalue weighted by atomic mass is 35.5. The molecule has 0 unspecified atom stereocenters. The van der Waals surface area contributed by atoms with Crippen LogP contribution in [0.25, 0.3) is 16.9 Å². The summed E-state index contributed by atoms with van der Waals surface area (Å²) in [5, 5.41) is 4.59. The Kier molecular flexibility index (Phi) is 7.15. The fourth-order valence-electron chi connectivity index (χ4n) is 4.68. The lowest BCUT2D eigenvalue weighted by Gasteiger charge is -2.34. The van der Waals surface area contributed by atoms with Crippen LogP contribution in [0.3, 0.4) is 0 Å². The monoisotopic (exact) mass is 541 g/mol. The van der Waals surface area contributed by atoms with Crippen molar-refractivity contribution in [2.75, 3.05) is 26.2 Å². The van der Waals surface area contributed by atoms with Crippen molar-refractivity contribution in [1.82, 2.24) is 24.4 Å². The van der Waals surface area contributed by atoms with Crippen molar-refractivity contribution in [2.45, 2.75) is 32.5 Å². The van der Waals surface area contributed by atoms with Crippen molar-refractivity contribution >= 4 is 23.2 Å². The number of amides is 1. The zero-order valence-corrected chi connectivity index (χ0v) is 21.8. The molecule has 0 atom stereocenters. The molecule has 1 saturated heterocycles. The minimum absolute atomic E-state index is 0.0550. The zero-order valence-electron chi connectivity index (χ0n) is 21.0. The van der Waals surface area contributed by atoms with E-state index in [1.165, 1.54) is 6.20 Å². The Morgan fingerprint density at radius 1 is 1.03 bits per heavy atom. The molecule has 0 N–H and O–H groups in total. The standard InChI is InChI=1S/C28H27ClF3N5O/c1-18(2)20-6-8-21(9-7-20)24-15-25(28(30,31)32)37-26(34-24)23(16-33-37)27(38)36-12-10-35(11-13-36)17-19-4-3-5-22(29)14-19/h3-9,14-16,18H,10-13,17H2,1-2H3. The second kappa shape index (κ2) is 10.4. The van der Waals surface area contributed by atoms with Crippen LogP contribution in [0.1, 0.15) is 46.9 Å². The topological polar surface area (TPSA) is 53.7 Å². The number of carbonyl (C=O) groups is 1. The summed E-state index contributed by atoms with van der Waals surface area (Å²) in [6.45, 7) is 6.94. The molecule has 0 aliphatic carbocycles. The normalized spacial score (nSPS) is 15.0. The van der Waals surface area contributed by atoms with Crippen molar-refractivity contribution in [3.05, 3.63) is 88.2 Å². The van der Waals surface area contributed by atoms with E-state index in [1.807, 2.05) is 50.2 Å². The van der Waals surface area contributed by atoms with E-state index in [-0.39, 0.29) is 28.7 Å². The molecule has 5 rings (SSSR count). The maximum absolute atomic E-state index is 14.0. The van der Waals surface area contributed by atoms with Gasteiger partial charge in [-0.25, -0.2) is 9.50 Å². The van der Waals surface area contributed by atoms with Gasteiger partial charge >= 0.3 is 6.18 Å². The van der Waals surface area contributed by atoms with Crippen LogP contribution in [0.2, 0.25) is 5.02 Å². The third-order valence-electron chi connectivity index (χ3n) is 6.82. The summed E-state index contributed by atoms with van der Waals surface area (Å²) in [5.74, 6) is -0.0921. The molecule has 3 heterocycles. The lowest BCUT2D eigenvalue weighted by molar-refractivity contribution is -0.142. The predicted molar refractivity (Wildman–Crippen MR) is 140 cm³/mol. The summed E-state index contributed by atoms with van der Waals surface area (Å²) in [4.78, 5) is 21.8. The smallest absolute Gasteiger partial charge is 0.336 e. The number of piperazine rings is 1. The fraction of sp³-hybridized carbons (Fsp3) is 0.321. The molecule has 1 aliphatic rings. The van der Waals surface area contributed by atoms with Crippen molar-refractivity contribution in [3.8, 4) is 11.3 Å². The van der Waals surface area contributed by atoms with Crippen LogP contribution in [0.4, 0.5) is 13.2 Å². The molecule has 0 saturated carbocycles. The van der Waals surface area contributed by atoms with Gasteiger partial charge in [0.1, 0.15) is 5.56 Å². The van der Waals surface area contributed by atoms with Gasteiger partial charge in [-0.15, -0.1) is 0 Å². The second-order valence-electron chi connectivity index (χ2n) is 9.79. The molecule has 38 heavy (non-hydrogen) atoms. The average molecular weight is 542 g/mol. The summed E-state index contributed by atoms with van der Waals surface area (Å²) >= 11 is 6.09. The number of alkyl halides is 3. The molecule has 2 aromatic heterocycles. The number of carbonyl (C=O) groups excluding carboxylic acids is 1. The molecule has 198 valence electrons. The number of benzene rings is 2. The largest absolute Gasteiger partial charge is 0.433 e. The van der Waals surface area contributed by atoms with Crippen LogP contribution < -0.4 is 0 Å². The molecular weight excluding hydrogens is 515 g/mol. The molecule has 1 aliphatic heterocycles. The van der Waals surface area contributed by atoms with Crippen molar-refractivity contribution < 1.29 is 18.0 Å². The van der Waals surface area contributed by atoms with Crippen LogP contribution in [-0.4, -0.2) is 56.5 Å². The lowest BCUT2D eigenvalue weighted by atomic mass is 10.0. The summed E-state index contributed by atoms with van der Waals surface area (Å²) in [5.41, 5.74) is 1.81. The van der Waals surface area contributed by atoms with E-state index in [4.69, 9.17) is 11.6 Å². The van der Waals surface area contributed by atoms with Gasteiger partial charge in [-0.05, 0) is 35.2 Å². The molecule has 2 aromatic carbocycles. The van der Waals surface area contributed by atoms with E-state index in [0.717, 1.165) is 17.2 Å². The number of aromatic nitrogens is 3. The van der Waals surface area contributed by atoms with Gasteiger partial charge in [0.2, 0.25) is 0 Å². The number of fused-ring (bicyclic) bond motifs is 1. The van der Waals surface area contributed by atoms with E-state index >= 15 is 0 Å². The minimum Gasteiger partial charge on any atom is -0.336 e. The third kappa shape index (κ3) is 5.39. The highest BCUT2D eigenvalue weighted by Crippen LogP contribution is 2.33. The Bertz CT molecular complexity index is 1460. The molecule has 0 radical (unpaired) electrons. The molecule has 6 nitrogen and oxygen atoms in total. The molecule has 10 heteroatoms. The Balaban J connectivity index is 1.41. The summed E-state index contributed by atoms with van der Waals surface area (Å²) < 4.78 is 42.7. The maximum Gasteiger partial charge on any atom is 0.433 e. The third-order valence-corrected chi connectivity index (χ3v) is 7.06. The highest BCUT2D eigenvalue weighted by molar-refractivity contribution is 6.30. The minimum atomic E-state index is -4.67. The highest BCUT2D eigenvalue weighted by Gasteiger charge is 2.36. The predicted octanol–water partition coefficient (Wildman–Crippen LogP) is 6.15. The Morgan fingerprint density at radius 2 is 1.74 bits per heavy atom. The van der Waals surface area contributed by atoms with E-state index < -0.39 is 11.9 Å². The molecule has 4 aromatic rings. The van der Waals surface area contributed by atoms with E-state index in [2.05, 4.69) is 15.0 Å². The zero-order chi connectivity index (χ0) is 27.0. The summed E-state index contributed by atoms with van der Waals surface area (Å²) in [7, 11) is 0.